The Bertz CT molecular complexity index is 1010. The molecule has 192 valence electrons. The number of urea groups is 1. The van der Waals surface area contributed by atoms with Crippen LogP contribution in [0.1, 0.15) is 31.2 Å². The normalized spacial score (nSPS) is 18.5. The van der Waals surface area contributed by atoms with Crippen molar-refractivity contribution in [2.24, 2.45) is 0 Å². The first kappa shape index (κ1) is 26.3. The summed E-state index contributed by atoms with van der Waals surface area (Å²) in [7, 11) is 0. The molecule has 7 nitrogen and oxygen atoms in total. The number of hydrogen-bond donors (Lipinski definition) is 3. The van der Waals surface area contributed by atoms with Gasteiger partial charge in [0.15, 0.2) is 0 Å². The highest BCUT2D eigenvalue weighted by Crippen LogP contribution is 2.31. The molecule has 1 aliphatic rings. The van der Waals surface area contributed by atoms with Gasteiger partial charge in [-0.3, -0.25) is 0 Å². The number of benzene rings is 2. The summed E-state index contributed by atoms with van der Waals surface area (Å²) in [6, 6.07) is 7.49. The van der Waals surface area contributed by atoms with Gasteiger partial charge in [0, 0.05) is 23.4 Å². The molecule has 0 spiro atoms. The lowest BCUT2D eigenvalue weighted by Gasteiger charge is -2.30. The minimum atomic E-state index is -4.85. The second-order valence-electron chi connectivity index (χ2n) is 7.74. The SMILES string of the molecule is O=C(Nc1cccc(OC(F)(F)F)c1)NC1CCC(Oc2ccc(OC(F)(F)F)cc2CO)CC1. The molecule has 0 unspecified atom stereocenters. The molecule has 0 radical (unpaired) electrons. The maximum atomic E-state index is 12.4. The van der Waals surface area contributed by atoms with Crippen molar-refractivity contribution in [3.63, 3.8) is 0 Å². The third-order valence-electron chi connectivity index (χ3n) is 5.06. The van der Waals surface area contributed by atoms with Crippen molar-refractivity contribution in [2.45, 2.75) is 57.2 Å². The average molecular weight is 508 g/mol. The number of carbonyl (C=O) groups is 1. The number of anilines is 1. The molecule has 2 amide bonds. The molecular formula is C22H22F6N2O5. The summed E-state index contributed by atoms with van der Waals surface area (Å²) >= 11 is 0. The number of hydrogen-bond acceptors (Lipinski definition) is 5. The minimum absolute atomic E-state index is 0.121. The van der Waals surface area contributed by atoms with Gasteiger partial charge in [-0.05, 0) is 56.0 Å². The highest BCUT2D eigenvalue weighted by atomic mass is 19.4. The number of halogens is 6. The molecule has 1 fully saturated rings. The minimum Gasteiger partial charge on any atom is -0.490 e. The standard InChI is InChI=1S/C22H22F6N2O5/c23-21(24,25)34-17-3-1-2-15(11-17)30-20(32)29-14-4-6-16(7-5-14)33-19-9-8-18(10-13(19)12-31)35-22(26,27)28/h1-3,8-11,14,16,31H,4-7,12H2,(H2,29,30,32). The number of alkyl halides is 6. The number of amides is 2. The van der Waals surface area contributed by atoms with Crippen LogP contribution >= 0.6 is 0 Å². The van der Waals surface area contributed by atoms with Gasteiger partial charge in [-0.15, -0.1) is 26.3 Å². The van der Waals surface area contributed by atoms with Gasteiger partial charge in [-0.25, -0.2) is 4.79 Å². The Labute approximate surface area is 196 Å². The fourth-order valence-electron chi connectivity index (χ4n) is 3.62. The largest absolute Gasteiger partial charge is 0.573 e. The first-order chi connectivity index (χ1) is 16.4. The van der Waals surface area contributed by atoms with E-state index in [1.807, 2.05) is 0 Å². The van der Waals surface area contributed by atoms with Crippen LogP contribution < -0.4 is 24.8 Å². The van der Waals surface area contributed by atoms with Crippen molar-refractivity contribution in [1.29, 1.82) is 0 Å². The van der Waals surface area contributed by atoms with Crippen LogP contribution in [0.15, 0.2) is 42.5 Å². The predicted molar refractivity (Wildman–Crippen MR) is 111 cm³/mol. The monoisotopic (exact) mass is 508 g/mol. The van der Waals surface area contributed by atoms with Gasteiger partial charge >= 0.3 is 18.8 Å². The summed E-state index contributed by atoms with van der Waals surface area (Å²) in [5.74, 6) is -0.700. The molecule has 2 aromatic carbocycles. The molecule has 35 heavy (non-hydrogen) atoms. The van der Waals surface area contributed by atoms with Gasteiger partial charge in [-0.2, -0.15) is 0 Å². The van der Waals surface area contributed by atoms with E-state index in [9.17, 15) is 36.2 Å². The molecule has 0 atom stereocenters. The lowest BCUT2D eigenvalue weighted by atomic mass is 9.93. The zero-order valence-corrected chi connectivity index (χ0v) is 18.1. The van der Waals surface area contributed by atoms with Gasteiger partial charge in [0.25, 0.3) is 0 Å². The topological polar surface area (TPSA) is 89.1 Å². The summed E-state index contributed by atoms with van der Waals surface area (Å²) < 4.78 is 87.7. The third kappa shape index (κ3) is 8.74. The maximum absolute atomic E-state index is 12.4. The van der Waals surface area contributed by atoms with Crippen molar-refractivity contribution in [3.05, 3.63) is 48.0 Å². The van der Waals surface area contributed by atoms with Gasteiger partial charge in [-0.1, -0.05) is 6.07 Å². The van der Waals surface area contributed by atoms with Gasteiger partial charge in [0.05, 0.1) is 12.7 Å². The quantitative estimate of drug-likeness (QED) is 0.431. The molecule has 1 aliphatic carbocycles. The predicted octanol–water partition coefficient (Wildman–Crippen LogP) is 5.49. The number of aliphatic hydroxyl groups excluding tert-OH is 1. The fourth-order valence-corrected chi connectivity index (χ4v) is 3.62. The smallest absolute Gasteiger partial charge is 0.490 e. The zero-order chi connectivity index (χ0) is 25.6. The first-order valence-electron chi connectivity index (χ1n) is 10.5. The summed E-state index contributed by atoms with van der Waals surface area (Å²) in [5, 5.41) is 14.7. The molecule has 0 heterocycles. The molecule has 2 aromatic rings. The van der Waals surface area contributed by atoms with Crippen molar-refractivity contribution < 1.29 is 50.5 Å². The van der Waals surface area contributed by atoms with E-state index in [1.165, 1.54) is 18.2 Å². The lowest BCUT2D eigenvalue weighted by molar-refractivity contribution is -0.275. The van der Waals surface area contributed by atoms with Crippen LogP contribution in [0.2, 0.25) is 0 Å². The average Bonchev–Trinajstić information content (AvgIpc) is 2.74. The summed E-state index contributed by atoms with van der Waals surface area (Å²) in [6.45, 7) is -0.545. The van der Waals surface area contributed by atoms with E-state index in [4.69, 9.17) is 4.74 Å². The zero-order valence-electron chi connectivity index (χ0n) is 18.1. The van der Waals surface area contributed by atoms with Crippen molar-refractivity contribution in [3.8, 4) is 17.2 Å². The number of ether oxygens (including phenoxy) is 3. The summed E-state index contributed by atoms with van der Waals surface area (Å²) in [4.78, 5) is 12.2. The van der Waals surface area contributed by atoms with Gasteiger partial charge < -0.3 is 30.0 Å². The Kier molecular flexibility index (Phi) is 8.20. The van der Waals surface area contributed by atoms with E-state index in [0.29, 0.717) is 25.7 Å². The van der Waals surface area contributed by atoms with Crippen LogP contribution in [-0.4, -0.2) is 36.0 Å². The van der Waals surface area contributed by atoms with E-state index in [2.05, 4.69) is 20.1 Å². The number of rotatable bonds is 7. The lowest BCUT2D eigenvalue weighted by Crippen LogP contribution is -2.41. The Morgan fingerprint density at radius 1 is 0.914 bits per heavy atom. The maximum Gasteiger partial charge on any atom is 0.573 e. The van der Waals surface area contributed by atoms with Crippen LogP contribution in [0.25, 0.3) is 0 Å². The highest BCUT2D eigenvalue weighted by Gasteiger charge is 2.32. The summed E-state index contributed by atoms with van der Waals surface area (Å²) in [6.07, 6.45) is -7.90. The Hall–Kier alpha value is -3.35. The summed E-state index contributed by atoms with van der Waals surface area (Å²) in [5.41, 5.74) is 0.263. The van der Waals surface area contributed by atoms with Crippen molar-refractivity contribution >= 4 is 11.7 Å². The van der Waals surface area contributed by atoms with Crippen LogP contribution in [-0.2, 0) is 6.61 Å². The van der Waals surface area contributed by atoms with E-state index in [-0.39, 0.29) is 29.1 Å². The van der Waals surface area contributed by atoms with E-state index >= 15 is 0 Å². The Morgan fingerprint density at radius 3 is 2.14 bits per heavy atom. The molecule has 0 saturated heterocycles. The second kappa shape index (κ2) is 10.9. The molecule has 0 aliphatic heterocycles. The van der Waals surface area contributed by atoms with Crippen LogP contribution in [0.4, 0.5) is 36.8 Å². The second-order valence-corrected chi connectivity index (χ2v) is 7.74. The third-order valence-corrected chi connectivity index (χ3v) is 5.06. The van der Waals surface area contributed by atoms with Gasteiger partial charge in [0.2, 0.25) is 0 Å². The number of aliphatic hydroxyl groups is 1. The molecule has 0 bridgehead atoms. The molecular weight excluding hydrogens is 486 g/mol. The van der Waals surface area contributed by atoms with E-state index in [0.717, 1.165) is 24.3 Å². The molecule has 3 rings (SSSR count). The van der Waals surface area contributed by atoms with E-state index in [1.54, 1.807) is 0 Å². The molecule has 13 heteroatoms. The van der Waals surface area contributed by atoms with Crippen molar-refractivity contribution in [1.82, 2.24) is 5.32 Å². The van der Waals surface area contributed by atoms with Gasteiger partial charge in [0.1, 0.15) is 17.2 Å². The highest BCUT2D eigenvalue weighted by molar-refractivity contribution is 5.89. The Morgan fingerprint density at radius 2 is 1.54 bits per heavy atom. The van der Waals surface area contributed by atoms with Crippen LogP contribution in [0, 0.1) is 0 Å². The van der Waals surface area contributed by atoms with Crippen molar-refractivity contribution in [2.75, 3.05) is 5.32 Å². The van der Waals surface area contributed by atoms with Crippen LogP contribution in [0.5, 0.6) is 17.2 Å². The molecule has 3 N–H and O–H groups in total. The number of nitrogens with one attached hydrogen (secondary N) is 2. The molecule has 1 saturated carbocycles. The first-order valence-corrected chi connectivity index (χ1v) is 10.5. The van der Waals surface area contributed by atoms with Crippen LogP contribution in [0.3, 0.4) is 0 Å². The number of carbonyl (C=O) groups excluding carboxylic acids is 1. The fraction of sp³-hybridized carbons (Fsp3) is 0.409. The molecule has 0 aromatic heterocycles. The van der Waals surface area contributed by atoms with E-state index < -0.39 is 36.9 Å². The Balaban J connectivity index is 1.48.